The number of hydrogen-bond donors (Lipinski definition) is 2. The first-order valence-electron chi connectivity index (χ1n) is 9.18. The quantitative estimate of drug-likeness (QED) is 0.491. The number of nitrogens with zero attached hydrogens (tertiary/aromatic N) is 2. The summed E-state index contributed by atoms with van der Waals surface area (Å²) in [5.74, 6) is -0.0171. The molecule has 5 nitrogen and oxygen atoms in total. The molecule has 2 heterocycles. The topological polar surface area (TPSA) is 61.0 Å². The van der Waals surface area contributed by atoms with E-state index < -0.39 is 0 Å². The van der Waals surface area contributed by atoms with E-state index in [9.17, 15) is 4.79 Å². The Bertz CT molecular complexity index is 1100. The zero-order valence-corrected chi connectivity index (χ0v) is 16.7. The molecule has 0 radical (unpaired) electrons. The number of aromatic nitrogens is 2. The smallest absolute Gasteiger partial charge is 0.226 e. The summed E-state index contributed by atoms with van der Waals surface area (Å²) in [5, 5.41) is 6.66. The first-order valence-corrected chi connectivity index (χ1v) is 10.1. The van der Waals surface area contributed by atoms with Gasteiger partial charge in [0, 0.05) is 54.2 Å². The second-order valence-electron chi connectivity index (χ2n) is 6.89. The van der Waals surface area contributed by atoms with Gasteiger partial charge in [0.2, 0.25) is 5.91 Å². The molecule has 0 fully saturated rings. The Morgan fingerprint density at radius 2 is 1.93 bits per heavy atom. The molecule has 2 aromatic carbocycles. The molecule has 142 valence electrons. The number of aryl methyl sites for hydroxylation is 1. The van der Waals surface area contributed by atoms with Crippen LogP contribution in [0.15, 0.2) is 60.1 Å². The summed E-state index contributed by atoms with van der Waals surface area (Å²) in [6.45, 7) is 0. The predicted molar refractivity (Wildman–Crippen MR) is 117 cm³/mol. The van der Waals surface area contributed by atoms with E-state index in [-0.39, 0.29) is 5.91 Å². The van der Waals surface area contributed by atoms with Gasteiger partial charge in [-0.3, -0.25) is 4.79 Å². The fourth-order valence-electron chi connectivity index (χ4n) is 3.14. The first-order chi connectivity index (χ1) is 13.6. The lowest BCUT2D eigenvalue weighted by molar-refractivity contribution is -0.116. The van der Waals surface area contributed by atoms with Crippen LogP contribution < -0.4 is 10.2 Å². The lowest BCUT2D eigenvalue weighted by Crippen LogP contribution is -2.12. The maximum absolute atomic E-state index is 12.3. The minimum atomic E-state index is -0.0171. The zero-order chi connectivity index (χ0) is 19.5. The Morgan fingerprint density at radius 1 is 1.14 bits per heavy atom. The number of carbonyl (C=O) groups excluding carboxylic acids is 1. The van der Waals surface area contributed by atoms with Crippen molar-refractivity contribution in [3.63, 3.8) is 0 Å². The van der Waals surface area contributed by atoms with E-state index in [0.717, 1.165) is 33.4 Å². The monoisotopic (exact) mass is 390 g/mol. The molecule has 6 heteroatoms. The number of para-hydroxylation sites is 1. The molecule has 0 atom stereocenters. The second kappa shape index (κ2) is 7.86. The van der Waals surface area contributed by atoms with Crippen LogP contribution in [0.1, 0.15) is 12.0 Å². The molecule has 2 N–H and O–H groups in total. The molecule has 2 aromatic heterocycles. The Hall–Kier alpha value is -3.12. The Morgan fingerprint density at radius 3 is 2.71 bits per heavy atom. The number of aromatic amines is 1. The summed E-state index contributed by atoms with van der Waals surface area (Å²) in [4.78, 5) is 22.2. The molecule has 0 spiro atoms. The van der Waals surface area contributed by atoms with Gasteiger partial charge in [-0.1, -0.05) is 30.3 Å². The van der Waals surface area contributed by atoms with Crippen LogP contribution in [0.25, 0.3) is 22.2 Å². The van der Waals surface area contributed by atoms with Crippen molar-refractivity contribution in [2.45, 2.75) is 12.8 Å². The van der Waals surface area contributed by atoms with E-state index in [1.165, 1.54) is 11.3 Å². The highest BCUT2D eigenvalue weighted by atomic mass is 32.1. The largest absolute Gasteiger partial charge is 0.378 e. The summed E-state index contributed by atoms with van der Waals surface area (Å²) in [6.07, 6.45) is 3.10. The van der Waals surface area contributed by atoms with Gasteiger partial charge in [0.15, 0.2) is 5.13 Å². The van der Waals surface area contributed by atoms with Gasteiger partial charge in [0.25, 0.3) is 0 Å². The summed E-state index contributed by atoms with van der Waals surface area (Å²) in [5.41, 5.74) is 5.31. The molecule has 0 aliphatic carbocycles. The van der Waals surface area contributed by atoms with Gasteiger partial charge in [0.1, 0.15) is 0 Å². The molecule has 0 unspecified atom stereocenters. The normalized spacial score (nSPS) is 10.9. The molecule has 0 aliphatic heterocycles. The minimum Gasteiger partial charge on any atom is -0.378 e. The Labute approximate surface area is 168 Å². The van der Waals surface area contributed by atoms with E-state index in [0.29, 0.717) is 18.0 Å². The van der Waals surface area contributed by atoms with Gasteiger partial charge in [0.05, 0.1) is 5.69 Å². The van der Waals surface area contributed by atoms with E-state index in [1.807, 2.05) is 43.9 Å². The van der Waals surface area contributed by atoms with Gasteiger partial charge in [-0.05, 0) is 30.2 Å². The average Bonchev–Trinajstić information content (AvgIpc) is 3.33. The maximum Gasteiger partial charge on any atom is 0.226 e. The summed E-state index contributed by atoms with van der Waals surface area (Å²) in [6, 6.07) is 16.4. The third kappa shape index (κ3) is 3.92. The van der Waals surface area contributed by atoms with Gasteiger partial charge in [-0.2, -0.15) is 0 Å². The Balaban J connectivity index is 1.38. The highest BCUT2D eigenvalue weighted by molar-refractivity contribution is 7.14. The van der Waals surface area contributed by atoms with Crippen molar-refractivity contribution in [3.05, 3.63) is 65.7 Å². The predicted octanol–water partition coefficient (Wildman–Crippen LogP) is 4.93. The van der Waals surface area contributed by atoms with E-state index >= 15 is 0 Å². The van der Waals surface area contributed by atoms with Crippen molar-refractivity contribution in [1.82, 2.24) is 9.97 Å². The fraction of sp³-hybridized carbons (Fsp3) is 0.182. The first kappa shape index (κ1) is 18.3. The van der Waals surface area contributed by atoms with E-state index in [2.05, 4.69) is 50.5 Å². The molecule has 0 aliphatic rings. The van der Waals surface area contributed by atoms with Crippen molar-refractivity contribution in [2.24, 2.45) is 0 Å². The van der Waals surface area contributed by atoms with Gasteiger partial charge in [-0.15, -0.1) is 11.3 Å². The number of anilines is 2. The van der Waals surface area contributed by atoms with Crippen LogP contribution in [0.2, 0.25) is 0 Å². The van der Waals surface area contributed by atoms with Crippen LogP contribution in [-0.4, -0.2) is 30.0 Å². The molecule has 0 bridgehead atoms. The number of rotatable bonds is 6. The highest BCUT2D eigenvalue weighted by Crippen LogP contribution is 2.31. The summed E-state index contributed by atoms with van der Waals surface area (Å²) in [7, 11) is 4.03. The number of thiazole rings is 1. The molecular weight excluding hydrogens is 368 g/mol. The number of fused-ring (bicyclic) bond motifs is 1. The molecule has 4 rings (SSSR count). The van der Waals surface area contributed by atoms with Gasteiger partial charge >= 0.3 is 0 Å². The molecule has 28 heavy (non-hydrogen) atoms. The third-order valence-corrected chi connectivity index (χ3v) is 5.47. The average molecular weight is 391 g/mol. The van der Waals surface area contributed by atoms with Gasteiger partial charge < -0.3 is 15.2 Å². The molecule has 4 aromatic rings. The number of amides is 1. The highest BCUT2D eigenvalue weighted by Gasteiger charge is 2.11. The second-order valence-corrected chi connectivity index (χ2v) is 7.75. The molecule has 0 saturated carbocycles. The number of carbonyl (C=O) groups is 1. The SMILES string of the molecule is CN(C)c1ccc(CCC(=O)Nc2nc(-c3c[nH]c4ccccc34)cs2)cc1. The third-order valence-electron chi connectivity index (χ3n) is 4.71. The molecule has 1 amide bonds. The number of nitrogens with one attached hydrogen (secondary N) is 2. The van der Waals surface area contributed by atoms with Crippen molar-refractivity contribution in [2.75, 3.05) is 24.3 Å². The van der Waals surface area contributed by atoms with Crippen LogP contribution in [0, 0.1) is 0 Å². The van der Waals surface area contributed by atoms with Crippen molar-refractivity contribution in [1.29, 1.82) is 0 Å². The lowest BCUT2D eigenvalue weighted by atomic mass is 10.1. The summed E-state index contributed by atoms with van der Waals surface area (Å²) < 4.78 is 0. The minimum absolute atomic E-state index is 0.0171. The van der Waals surface area contributed by atoms with Crippen molar-refractivity contribution < 1.29 is 4.79 Å². The maximum atomic E-state index is 12.3. The van der Waals surface area contributed by atoms with Crippen LogP contribution in [-0.2, 0) is 11.2 Å². The van der Waals surface area contributed by atoms with Crippen LogP contribution in [0.5, 0.6) is 0 Å². The molecule has 0 saturated heterocycles. The molecular formula is C22H22N4OS. The van der Waals surface area contributed by atoms with Crippen molar-refractivity contribution in [3.8, 4) is 11.3 Å². The zero-order valence-electron chi connectivity index (χ0n) is 15.9. The van der Waals surface area contributed by atoms with Crippen molar-refractivity contribution >= 4 is 39.0 Å². The number of hydrogen-bond acceptors (Lipinski definition) is 4. The fourth-order valence-corrected chi connectivity index (χ4v) is 3.87. The summed E-state index contributed by atoms with van der Waals surface area (Å²) >= 11 is 1.45. The van der Waals surface area contributed by atoms with Gasteiger partial charge in [-0.25, -0.2) is 4.98 Å². The number of H-pyrrole nitrogens is 1. The lowest BCUT2D eigenvalue weighted by Gasteiger charge is -2.12. The van der Waals surface area contributed by atoms with Crippen LogP contribution in [0.4, 0.5) is 10.8 Å². The van der Waals surface area contributed by atoms with E-state index in [4.69, 9.17) is 0 Å². The standard InChI is InChI=1S/C22H22N4OS/c1-26(2)16-10-7-15(8-11-16)9-12-21(27)25-22-24-20(14-28-22)18-13-23-19-6-4-3-5-17(18)19/h3-8,10-11,13-14,23H,9,12H2,1-2H3,(H,24,25,27). The Kier molecular flexibility index (Phi) is 5.12. The van der Waals surface area contributed by atoms with Crippen LogP contribution in [0.3, 0.4) is 0 Å². The number of benzene rings is 2. The van der Waals surface area contributed by atoms with Crippen LogP contribution >= 0.6 is 11.3 Å². The van der Waals surface area contributed by atoms with E-state index in [1.54, 1.807) is 0 Å².